The minimum Gasteiger partial charge on any atom is -0.497 e. The zero-order valence-corrected chi connectivity index (χ0v) is 16.4. The van der Waals surface area contributed by atoms with Crippen molar-refractivity contribution in [3.63, 3.8) is 0 Å². The van der Waals surface area contributed by atoms with Crippen molar-refractivity contribution in [1.82, 2.24) is 10.2 Å². The first-order valence-electron chi connectivity index (χ1n) is 9.90. The first-order valence-corrected chi connectivity index (χ1v) is 9.90. The largest absolute Gasteiger partial charge is 0.497 e. The zero-order valence-electron chi connectivity index (χ0n) is 16.4. The van der Waals surface area contributed by atoms with Gasteiger partial charge in [-0.25, -0.2) is 0 Å². The molecule has 1 heterocycles. The van der Waals surface area contributed by atoms with Crippen LogP contribution in [0.5, 0.6) is 5.75 Å². The number of methoxy groups -OCH3 is 1. The minimum absolute atomic E-state index is 0.00738. The van der Waals surface area contributed by atoms with Crippen molar-refractivity contribution in [2.24, 2.45) is 0 Å². The fourth-order valence-electron chi connectivity index (χ4n) is 3.77. The molecular weight excluding hydrogens is 336 g/mol. The standard InChI is InChI=1S/C23H30N2O2/c1-18-8-7-9-20(16-18)23(26)24-17-22(25-14-5-3-4-6-15-25)19-10-12-21(27-2)13-11-19/h7-13,16,22H,3-6,14-15,17H2,1-2H3,(H,24,26). The molecule has 1 unspecified atom stereocenters. The van der Waals surface area contributed by atoms with E-state index in [-0.39, 0.29) is 11.9 Å². The normalized spacial score (nSPS) is 16.4. The quantitative estimate of drug-likeness (QED) is 0.826. The Labute approximate surface area is 162 Å². The molecular formula is C23H30N2O2. The molecule has 1 aliphatic heterocycles. The van der Waals surface area contributed by atoms with Crippen LogP contribution in [0.15, 0.2) is 48.5 Å². The molecule has 0 radical (unpaired) electrons. The zero-order chi connectivity index (χ0) is 19.1. The van der Waals surface area contributed by atoms with Gasteiger partial charge in [0.05, 0.1) is 13.2 Å². The maximum absolute atomic E-state index is 12.6. The SMILES string of the molecule is COc1ccc(C(CNC(=O)c2cccc(C)c2)N2CCCCCC2)cc1. The lowest BCUT2D eigenvalue weighted by molar-refractivity contribution is 0.0933. The second kappa shape index (κ2) is 9.56. The molecule has 27 heavy (non-hydrogen) atoms. The van der Waals surface area contributed by atoms with Crippen molar-refractivity contribution in [3.05, 3.63) is 65.2 Å². The lowest BCUT2D eigenvalue weighted by Gasteiger charge is -2.31. The van der Waals surface area contributed by atoms with E-state index >= 15 is 0 Å². The molecule has 1 saturated heterocycles. The van der Waals surface area contributed by atoms with Gasteiger partial charge in [-0.1, -0.05) is 42.7 Å². The fraction of sp³-hybridized carbons (Fsp3) is 0.435. The summed E-state index contributed by atoms with van der Waals surface area (Å²) in [6.07, 6.45) is 5.03. The number of nitrogens with zero attached hydrogens (tertiary/aromatic N) is 1. The Morgan fingerprint density at radius 1 is 1.07 bits per heavy atom. The number of likely N-dealkylation sites (tertiary alicyclic amines) is 1. The minimum atomic E-state index is -0.00738. The summed E-state index contributed by atoms with van der Waals surface area (Å²) >= 11 is 0. The Kier molecular flexibility index (Phi) is 6.88. The average molecular weight is 367 g/mol. The van der Waals surface area contributed by atoms with Crippen LogP contribution < -0.4 is 10.1 Å². The van der Waals surface area contributed by atoms with Crippen LogP contribution in [0.4, 0.5) is 0 Å². The van der Waals surface area contributed by atoms with E-state index in [2.05, 4.69) is 22.3 Å². The van der Waals surface area contributed by atoms with Crippen molar-refractivity contribution >= 4 is 5.91 Å². The lowest BCUT2D eigenvalue weighted by Crippen LogP contribution is -2.38. The number of benzene rings is 2. The summed E-state index contributed by atoms with van der Waals surface area (Å²) in [6.45, 7) is 4.78. The summed E-state index contributed by atoms with van der Waals surface area (Å²) in [4.78, 5) is 15.2. The van der Waals surface area contributed by atoms with Gasteiger partial charge in [-0.15, -0.1) is 0 Å². The monoisotopic (exact) mass is 366 g/mol. The molecule has 4 nitrogen and oxygen atoms in total. The predicted molar refractivity (Wildman–Crippen MR) is 109 cm³/mol. The third kappa shape index (κ3) is 5.33. The van der Waals surface area contributed by atoms with E-state index in [0.29, 0.717) is 6.54 Å². The molecule has 0 aromatic heterocycles. The molecule has 2 aromatic carbocycles. The number of hydrogen-bond donors (Lipinski definition) is 1. The summed E-state index contributed by atoms with van der Waals surface area (Å²) in [7, 11) is 1.68. The van der Waals surface area contributed by atoms with E-state index in [0.717, 1.165) is 30.0 Å². The molecule has 3 rings (SSSR count). The van der Waals surface area contributed by atoms with Crippen molar-refractivity contribution in [1.29, 1.82) is 0 Å². The molecule has 0 spiro atoms. The first-order chi connectivity index (χ1) is 13.2. The van der Waals surface area contributed by atoms with Gasteiger partial charge in [0.1, 0.15) is 5.75 Å². The third-order valence-corrected chi connectivity index (χ3v) is 5.32. The van der Waals surface area contributed by atoms with Crippen molar-refractivity contribution < 1.29 is 9.53 Å². The fourth-order valence-corrected chi connectivity index (χ4v) is 3.77. The van der Waals surface area contributed by atoms with Gasteiger partial charge in [0, 0.05) is 12.1 Å². The Morgan fingerprint density at radius 3 is 2.41 bits per heavy atom. The van der Waals surface area contributed by atoms with Crippen LogP contribution >= 0.6 is 0 Å². The first kappa shape index (κ1) is 19.4. The summed E-state index contributed by atoms with van der Waals surface area (Å²) < 4.78 is 5.30. The topological polar surface area (TPSA) is 41.6 Å². The molecule has 1 aliphatic rings. The Morgan fingerprint density at radius 2 is 1.78 bits per heavy atom. The molecule has 1 amide bonds. The highest BCUT2D eigenvalue weighted by Gasteiger charge is 2.22. The number of nitrogens with one attached hydrogen (secondary N) is 1. The molecule has 1 atom stereocenters. The van der Waals surface area contributed by atoms with Crippen molar-refractivity contribution in [3.8, 4) is 5.75 Å². The maximum Gasteiger partial charge on any atom is 0.251 e. The van der Waals surface area contributed by atoms with E-state index in [1.165, 1.54) is 31.2 Å². The van der Waals surface area contributed by atoms with Crippen LogP contribution in [0.2, 0.25) is 0 Å². The van der Waals surface area contributed by atoms with Gasteiger partial charge in [-0.2, -0.15) is 0 Å². The van der Waals surface area contributed by atoms with Crippen molar-refractivity contribution in [2.45, 2.75) is 38.6 Å². The Hall–Kier alpha value is -2.33. The van der Waals surface area contributed by atoms with E-state index in [1.54, 1.807) is 7.11 Å². The molecule has 1 N–H and O–H groups in total. The van der Waals surface area contributed by atoms with Gasteiger partial charge in [-0.3, -0.25) is 9.69 Å². The van der Waals surface area contributed by atoms with E-state index in [9.17, 15) is 4.79 Å². The second-order valence-electron chi connectivity index (χ2n) is 7.32. The van der Waals surface area contributed by atoms with Crippen LogP contribution in [-0.2, 0) is 0 Å². The average Bonchev–Trinajstić information content (AvgIpc) is 2.98. The molecule has 0 saturated carbocycles. The molecule has 1 fully saturated rings. The van der Waals surface area contributed by atoms with Crippen LogP contribution in [0.1, 0.15) is 53.2 Å². The second-order valence-corrected chi connectivity index (χ2v) is 7.32. The lowest BCUT2D eigenvalue weighted by atomic mass is 10.0. The van der Waals surface area contributed by atoms with Gasteiger partial charge in [0.25, 0.3) is 5.91 Å². The number of rotatable bonds is 6. The van der Waals surface area contributed by atoms with Gasteiger partial charge < -0.3 is 10.1 Å². The molecule has 2 aromatic rings. The third-order valence-electron chi connectivity index (χ3n) is 5.32. The number of hydrogen-bond acceptors (Lipinski definition) is 3. The number of aryl methyl sites for hydroxylation is 1. The number of amides is 1. The molecule has 4 heteroatoms. The number of carbonyl (C=O) groups excluding carboxylic acids is 1. The molecule has 0 aliphatic carbocycles. The smallest absolute Gasteiger partial charge is 0.251 e. The van der Waals surface area contributed by atoms with Crippen LogP contribution in [-0.4, -0.2) is 37.6 Å². The van der Waals surface area contributed by atoms with Gasteiger partial charge in [0.15, 0.2) is 0 Å². The summed E-state index contributed by atoms with van der Waals surface area (Å²) in [6, 6.07) is 16.2. The van der Waals surface area contributed by atoms with E-state index in [4.69, 9.17) is 4.74 Å². The number of ether oxygens (including phenoxy) is 1. The van der Waals surface area contributed by atoms with Crippen LogP contribution in [0, 0.1) is 6.92 Å². The highest BCUT2D eigenvalue weighted by Crippen LogP contribution is 2.25. The maximum atomic E-state index is 12.6. The van der Waals surface area contributed by atoms with Crippen LogP contribution in [0.25, 0.3) is 0 Å². The molecule has 144 valence electrons. The number of carbonyl (C=O) groups is 1. The summed E-state index contributed by atoms with van der Waals surface area (Å²) in [5.41, 5.74) is 3.04. The highest BCUT2D eigenvalue weighted by molar-refractivity contribution is 5.94. The Bertz CT molecular complexity index is 734. The summed E-state index contributed by atoms with van der Waals surface area (Å²) in [5, 5.41) is 3.16. The molecule has 0 bridgehead atoms. The van der Waals surface area contributed by atoms with Gasteiger partial charge >= 0.3 is 0 Å². The van der Waals surface area contributed by atoms with E-state index < -0.39 is 0 Å². The Balaban J connectivity index is 1.75. The predicted octanol–water partition coefficient (Wildman–Crippen LogP) is 4.35. The highest BCUT2D eigenvalue weighted by atomic mass is 16.5. The van der Waals surface area contributed by atoms with E-state index in [1.807, 2.05) is 43.3 Å². The van der Waals surface area contributed by atoms with Crippen molar-refractivity contribution in [2.75, 3.05) is 26.7 Å². The van der Waals surface area contributed by atoms with Gasteiger partial charge in [0.2, 0.25) is 0 Å². The van der Waals surface area contributed by atoms with Gasteiger partial charge in [-0.05, 0) is 62.7 Å². The van der Waals surface area contributed by atoms with Crippen LogP contribution in [0.3, 0.4) is 0 Å². The summed E-state index contributed by atoms with van der Waals surface area (Å²) in [5.74, 6) is 0.851.